The molecule has 0 aliphatic rings. The lowest BCUT2D eigenvalue weighted by molar-refractivity contribution is 0.230. The molecule has 0 fully saturated rings. The highest BCUT2D eigenvalue weighted by molar-refractivity contribution is 7.15. The molecule has 0 spiro atoms. The molecule has 0 saturated heterocycles. The summed E-state index contributed by atoms with van der Waals surface area (Å²) in [6.07, 6.45) is 3.18. The van der Waals surface area contributed by atoms with E-state index in [0.717, 1.165) is 24.3 Å². The summed E-state index contributed by atoms with van der Waals surface area (Å²) in [5, 5.41) is 12.1. The van der Waals surface area contributed by atoms with Gasteiger partial charge in [-0.3, -0.25) is 5.32 Å². The van der Waals surface area contributed by atoms with Gasteiger partial charge in [-0.1, -0.05) is 24.7 Å². The third-order valence-electron chi connectivity index (χ3n) is 1.83. The number of unbranched alkanes of at least 4 members (excludes halogenated alkanes) is 1. The van der Waals surface area contributed by atoms with Crippen LogP contribution in [0.2, 0.25) is 0 Å². The summed E-state index contributed by atoms with van der Waals surface area (Å²) in [5.41, 5.74) is 0. The first-order valence-corrected chi connectivity index (χ1v) is 5.75. The molecule has 84 valence electrons. The third-order valence-corrected chi connectivity index (χ3v) is 2.73. The number of urea groups is 1. The Morgan fingerprint density at radius 3 is 2.80 bits per heavy atom. The molecule has 0 aliphatic heterocycles. The largest absolute Gasteiger partial charge is 0.331 e. The number of aromatic nitrogens is 2. The Morgan fingerprint density at radius 2 is 2.20 bits per heavy atom. The van der Waals surface area contributed by atoms with Crippen LogP contribution in [0.5, 0.6) is 0 Å². The smallest absolute Gasteiger partial charge is 0.323 e. The van der Waals surface area contributed by atoms with Crippen molar-refractivity contribution in [1.82, 2.24) is 15.1 Å². The molecule has 6 heteroatoms. The maximum atomic E-state index is 11.3. The van der Waals surface area contributed by atoms with Crippen LogP contribution in [0, 0.1) is 0 Å². The van der Waals surface area contributed by atoms with E-state index in [-0.39, 0.29) is 6.03 Å². The Morgan fingerprint density at radius 1 is 1.47 bits per heavy atom. The fraction of sp³-hybridized carbons (Fsp3) is 0.667. The van der Waals surface area contributed by atoms with E-state index in [2.05, 4.69) is 22.4 Å². The molecule has 0 unspecified atom stereocenters. The second kappa shape index (κ2) is 5.65. The summed E-state index contributed by atoms with van der Waals surface area (Å²) in [7, 11) is 3.38. The monoisotopic (exact) mass is 228 g/mol. The van der Waals surface area contributed by atoms with Gasteiger partial charge in [-0.15, -0.1) is 10.2 Å². The Labute approximate surface area is 93.5 Å². The van der Waals surface area contributed by atoms with Crippen molar-refractivity contribution in [2.45, 2.75) is 26.2 Å². The molecule has 0 saturated carbocycles. The number of rotatable bonds is 4. The van der Waals surface area contributed by atoms with E-state index in [1.54, 1.807) is 14.1 Å². The quantitative estimate of drug-likeness (QED) is 0.857. The molecule has 0 radical (unpaired) electrons. The van der Waals surface area contributed by atoms with Crippen molar-refractivity contribution in [3.63, 3.8) is 0 Å². The van der Waals surface area contributed by atoms with Crippen molar-refractivity contribution in [3.05, 3.63) is 5.01 Å². The van der Waals surface area contributed by atoms with Crippen molar-refractivity contribution in [2.75, 3.05) is 19.4 Å². The number of nitrogens with zero attached hydrogens (tertiary/aromatic N) is 3. The first-order chi connectivity index (χ1) is 7.13. The molecule has 5 nitrogen and oxygen atoms in total. The molecule has 0 bridgehead atoms. The van der Waals surface area contributed by atoms with Gasteiger partial charge >= 0.3 is 6.03 Å². The normalized spacial score (nSPS) is 10.1. The molecule has 1 rings (SSSR count). The molecule has 1 aromatic rings. The van der Waals surface area contributed by atoms with Gasteiger partial charge in [0.15, 0.2) is 0 Å². The Bertz CT molecular complexity index is 324. The number of hydrogen-bond acceptors (Lipinski definition) is 4. The van der Waals surface area contributed by atoms with E-state index in [9.17, 15) is 4.79 Å². The van der Waals surface area contributed by atoms with Gasteiger partial charge in [-0.25, -0.2) is 4.79 Å². The highest BCUT2D eigenvalue weighted by Crippen LogP contribution is 2.17. The van der Waals surface area contributed by atoms with E-state index >= 15 is 0 Å². The molecule has 1 aromatic heterocycles. The number of hydrogen-bond donors (Lipinski definition) is 1. The fourth-order valence-corrected chi connectivity index (χ4v) is 1.71. The highest BCUT2D eigenvalue weighted by atomic mass is 32.1. The zero-order valence-electron chi connectivity index (χ0n) is 9.28. The van der Waals surface area contributed by atoms with Crippen LogP contribution >= 0.6 is 11.3 Å². The second-order valence-corrected chi connectivity index (χ2v) is 4.49. The van der Waals surface area contributed by atoms with Crippen LogP contribution in [0.4, 0.5) is 9.93 Å². The standard InChI is InChI=1S/C9H16N4OS/c1-4-5-6-7-11-12-8(15-7)10-9(14)13(2)3/h4-6H2,1-3H3,(H,10,12,14). The minimum atomic E-state index is -0.173. The molecule has 15 heavy (non-hydrogen) atoms. The predicted octanol–water partition coefficient (Wildman–Crippen LogP) is 1.97. The average Bonchev–Trinajstić information content (AvgIpc) is 2.62. The predicted molar refractivity (Wildman–Crippen MR) is 61.2 cm³/mol. The molecule has 2 amide bonds. The van der Waals surface area contributed by atoms with Gasteiger partial charge in [-0.05, 0) is 6.42 Å². The van der Waals surface area contributed by atoms with E-state index in [0.29, 0.717) is 5.13 Å². The first-order valence-electron chi connectivity index (χ1n) is 4.94. The van der Waals surface area contributed by atoms with Gasteiger partial charge in [0, 0.05) is 20.5 Å². The average molecular weight is 228 g/mol. The molecular formula is C9H16N4OS. The summed E-state index contributed by atoms with van der Waals surface area (Å²) in [6, 6.07) is -0.173. The SMILES string of the molecule is CCCCc1nnc(NC(=O)N(C)C)s1. The molecule has 1 heterocycles. The number of amides is 2. The van der Waals surface area contributed by atoms with Crippen LogP contribution in [-0.4, -0.2) is 35.2 Å². The van der Waals surface area contributed by atoms with E-state index in [1.807, 2.05) is 0 Å². The number of aryl methyl sites for hydroxylation is 1. The Hall–Kier alpha value is -1.17. The molecule has 0 aromatic carbocycles. The van der Waals surface area contributed by atoms with Crippen LogP contribution in [0.1, 0.15) is 24.8 Å². The van der Waals surface area contributed by atoms with E-state index < -0.39 is 0 Å². The van der Waals surface area contributed by atoms with Gasteiger partial charge in [-0.2, -0.15) is 0 Å². The van der Waals surface area contributed by atoms with Crippen LogP contribution in [0.15, 0.2) is 0 Å². The molecule has 0 atom stereocenters. The Balaban J connectivity index is 2.49. The number of anilines is 1. The van der Waals surface area contributed by atoms with Gasteiger partial charge in [0.1, 0.15) is 5.01 Å². The zero-order valence-corrected chi connectivity index (χ0v) is 10.1. The first kappa shape index (κ1) is 11.9. The molecule has 0 aliphatic carbocycles. The summed E-state index contributed by atoms with van der Waals surface area (Å²) in [5.74, 6) is 0. The maximum Gasteiger partial charge on any atom is 0.323 e. The van der Waals surface area contributed by atoms with Gasteiger partial charge in [0.2, 0.25) is 5.13 Å². The number of carbonyl (C=O) groups excluding carboxylic acids is 1. The number of nitrogens with one attached hydrogen (secondary N) is 1. The lowest BCUT2D eigenvalue weighted by Gasteiger charge is -2.08. The van der Waals surface area contributed by atoms with Crippen LogP contribution in [0.25, 0.3) is 0 Å². The van der Waals surface area contributed by atoms with Gasteiger partial charge in [0.25, 0.3) is 0 Å². The summed E-state index contributed by atoms with van der Waals surface area (Å²) in [6.45, 7) is 2.13. The van der Waals surface area contributed by atoms with Crippen LogP contribution in [-0.2, 0) is 6.42 Å². The van der Waals surface area contributed by atoms with Gasteiger partial charge in [0.05, 0.1) is 0 Å². The van der Waals surface area contributed by atoms with Crippen molar-refractivity contribution < 1.29 is 4.79 Å². The minimum absolute atomic E-state index is 0.173. The number of carbonyl (C=O) groups is 1. The van der Waals surface area contributed by atoms with Crippen molar-refractivity contribution in [2.24, 2.45) is 0 Å². The lowest BCUT2D eigenvalue weighted by Crippen LogP contribution is -2.27. The van der Waals surface area contributed by atoms with Gasteiger partial charge < -0.3 is 4.90 Å². The van der Waals surface area contributed by atoms with Crippen LogP contribution < -0.4 is 5.32 Å². The molecule has 1 N–H and O–H groups in total. The van der Waals surface area contributed by atoms with Crippen molar-refractivity contribution in [1.29, 1.82) is 0 Å². The molecular weight excluding hydrogens is 212 g/mol. The second-order valence-electron chi connectivity index (χ2n) is 3.43. The van der Waals surface area contributed by atoms with E-state index in [1.165, 1.54) is 16.2 Å². The van der Waals surface area contributed by atoms with Crippen molar-refractivity contribution >= 4 is 22.5 Å². The maximum absolute atomic E-state index is 11.3. The third kappa shape index (κ3) is 3.83. The minimum Gasteiger partial charge on any atom is -0.331 e. The topological polar surface area (TPSA) is 58.1 Å². The summed E-state index contributed by atoms with van der Waals surface area (Å²) < 4.78 is 0. The Kier molecular flexibility index (Phi) is 4.48. The summed E-state index contributed by atoms with van der Waals surface area (Å²) >= 11 is 1.44. The highest BCUT2D eigenvalue weighted by Gasteiger charge is 2.08. The lowest BCUT2D eigenvalue weighted by atomic mass is 10.3. The van der Waals surface area contributed by atoms with Crippen molar-refractivity contribution in [3.8, 4) is 0 Å². The fourth-order valence-electron chi connectivity index (χ4n) is 0.936. The zero-order chi connectivity index (χ0) is 11.3. The summed E-state index contributed by atoms with van der Waals surface area (Å²) in [4.78, 5) is 12.8. The van der Waals surface area contributed by atoms with Crippen LogP contribution in [0.3, 0.4) is 0 Å². The van der Waals surface area contributed by atoms with E-state index in [4.69, 9.17) is 0 Å².